The summed E-state index contributed by atoms with van der Waals surface area (Å²) in [6.07, 6.45) is 3.56. The second-order valence-electron chi connectivity index (χ2n) is 4.70. The van der Waals surface area contributed by atoms with Crippen LogP contribution >= 0.6 is 12.2 Å². The van der Waals surface area contributed by atoms with Crippen molar-refractivity contribution in [1.29, 1.82) is 0 Å². The lowest BCUT2D eigenvalue weighted by Crippen LogP contribution is -2.54. The molecular weight excluding hydrogens is 298 g/mol. The summed E-state index contributed by atoms with van der Waals surface area (Å²) < 4.78 is 26.1. The summed E-state index contributed by atoms with van der Waals surface area (Å²) in [6.45, 7) is 4.16. The van der Waals surface area contributed by atoms with Gasteiger partial charge in [0, 0.05) is 32.4 Å². The Hall–Kier alpha value is -1.03. The summed E-state index contributed by atoms with van der Waals surface area (Å²) in [5.41, 5.74) is 5.72. The molecule has 2 rings (SSSR count). The highest BCUT2D eigenvalue weighted by atomic mass is 32.2. The van der Waals surface area contributed by atoms with Crippen LogP contribution < -0.4 is 5.73 Å². The summed E-state index contributed by atoms with van der Waals surface area (Å²) >= 11 is 5.06. The van der Waals surface area contributed by atoms with Gasteiger partial charge in [0.2, 0.25) is 10.0 Å². The molecule has 112 valence electrons. The van der Waals surface area contributed by atoms with Gasteiger partial charge in [0.15, 0.2) is 0 Å². The standard InChI is InChI=1S/C11H19N5O2S2/c1-2-10(11(12)19)15-3-5-16(6-4-15)20(17,18)9-7-13-14-8-9/h7-8,10H,2-6H2,1H3,(H2,12,19)(H,13,14). The van der Waals surface area contributed by atoms with E-state index in [1.165, 1.54) is 16.7 Å². The number of nitrogens with zero attached hydrogens (tertiary/aromatic N) is 3. The van der Waals surface area contributed by atoms with Crippen molar-refractivity contribution in [3.63, 3.8) is 0 Å². The van der Waals surface area contributed by atoms with Crippen molar-refractivity contribution in [3.8, 4) is 0 Å². The molecule has 0 bridgehead atoms. The van der Waals surface area contributed by atoms with Crippen LogP contribution in [0.15, 0.2) is 17.3 Å². The zero-order valence-electron chi connectivity index (χ0n) is 11.3. The van der Waals surface area contributed by atoms with E-state index in [2.05, 4.69) is 15.1 Å². The van der Waals surface area contributed by atoms with E-state index >= 15 is 0 Å². The van der Waals surface area contributed by atoms with Crippen molar-refractivity contribution >= 4 is 27.2 Å². The molecule has 0 aromatic carbocycles. The molecule has 9 heteroatoms. The summed E-state index contributed by atoms with van der Waals surface area (Å²) in [4.78, 5) is 2.81. The smallest absolute Gasteiger partial charge is 0.246 e. The monoisotopic (exact) mass is 317 g/mol. The van der Waals surface area contributed by atoms with Gasteiger partial charge in [-0.05, 0) is 6.42 Å². The fourth-order valence-electron chi connectivity index (χ4n) is 2.42. The van der Waals surface area contributed by atoms with Gasteiger partial charge < -0.3 is 5.73 Å². The third-order valence-electron chi connectivity index (χ3n) is 3.54. The third kappa shape index (κ3) is 3.00. The molecule has 0 radical (unpaired) electrons. The molecule has 20 heavy (non-hydrogen) atoms. The molecular formula is C11H19N5O2S2. The second-order valence-corrected chi connectivity index (χ2v) is 7.11. The van der Waals surface area contributed by atoms with Gasteiger partial charge in [-0.15, -0.1) is 0 Å². The molecule has 0 aliphatic carbocycles. The molecule has 1 aromatic rings. The first-order valence-corrected chi connectivity index (χ1v) is 8.34. The summed E-state index contributed by atoms with van der Waals surface area (Å²) in [7, 11) is -3.45. The second kappa shape index (κ2) is 6.17. The van der Waals surface area contributed by atoms with Crippen molar-refractivity contribution in [3.05, 3.63) is 12.4 Å². The van der Waals surface area contributed by atoms with E-state index in [4.69, 9.17) is 18.0 Å². The molecule has 1 unspecified atom stereocenters. The number of hydrogen-bond acceptors (Lipinski definition) is 5. The average Bonchev–Trinajstić information content (AvgIpc) is 2.94. The lowest BCUT2D eigenvalue weighted by Gasteiger charge is -2.37. The number of aromatic nitrogens is 2. The summed E-state index contributed by atoms with van der Waals surface area (Å²) in [6, 6.07) is 0.0452. The molecule has 1 aromatic heterocycles. The number of thiocarbonyl (C=S) groups is 1. The summed E-state index contributed by atoms with van der Waals surface area (Å²) in [5.74, 6) is 0. The van der Waals surface area contributed by atoms with E-state index in [1.807, 2.05) is 6.92 Å². The Kier molecular flexibility index (Phi) is 4.74. The van der Waals surface area contributed by atoms with Crippen LogP contribution in [0.4, 0.5) is 0 Å². The van der Waals surface area contributed by atoms with Crippen molar-refractivity contribution in [2.24, 2.45) is 5.73 Å². The zero-order chi connectivity index (χ0) is 14.8. The molecule has 1 aliphatic heterocycles. The number of hydrogen-bond donors (Lipinski definition) is 2. The minimum absolute atomic E-state index is 0.0452. The molecule has 2 heterocycles. The Labute approximate surface area is 124 Å². The SMILES string of the molecule is CCC(C(N)=S)N1CCN(S(=O)(=O)c2cn[nH]c2)CC1. The topological polar surface area (TPSA) is 95.3 Å². The number of aromatic amines is 1. The highest BCUT2D eigenvalue weighted by molar-refractivity contribution is 7.89. The Morgan fingerprint density at radius 1 is 1.50 bits per heavy atom. The van der Waals surface area contributed by atoms with Crippen molar-refractivity contribution in [2.45, 2.75) is 24.3 Å². The molecule has 7 nitrogen and oxygen atoms in total. The summed E-state index contributed by atoms with van der Waals surface area (Å²) in [5, 5.41) is 6.21. The van der Waals surface area contributed by atoms with E-state index in [0.717, 1.165) is 6.42 Å². The first kappa shape index (κ1) is 15.4. The van der Waals surface area contributed by atoms with Crippen LogP contribution in [0, 0.1) is 0 Å². The van der Waals surface area contributed by atoms with Crippen LogP contribution in [0.2, 0.25) is 0 Å². The fourth-order valence-corrected chi connectivity index (χ4v) is 4.07. The minimum Gasteiger partial charge on any atom is -0.392 e. The van der Waals surface area contributed by atoms with Crippen LogP contribution in [0.1, 0.15) is 13.3 Å². The quantitative estimate of drug-likeness (QED) is 0.729. The number of piperazine rings is 1. The van der Waals surface area contributed by atoms with Gasteiger partial charge in [-0.3, -0.25) is 10.00 Å². The van der Waals surface area contributed by atoms with Crippen LogP contribution in [0.5, 0.6) is 0 Å². The van der Waals surface area contributed by atoms with Gasteiger partial charge in [-0.25, -0.2) is 8.42 Å². The highest BCUT2D eigenvalue weighted by Gasteiger charge is 2.31. The van der Waals surface area contributed by atoms with E-state index in [-0.39, 0.29) is 10.9 Å². The Morgan fingerprint density at radius 2 is 2.15 bits per heavy atom. The van der Waals surface area contributed by atoms with Gasteiger partial charge in [-0.2, -0.15) is 9.40 Å². The minimum atomic E-state index is -3.45. The third-order valence-corrected chi connectivity index (χ3v) is 5.68. The lowest BCUT2D eigenvalue weighted by atomic mass is 10.1. The zero-order valence-corrected chi connectivity index (χ0v) is 13.0. The van der Waals surface area contributed by atoms with Crippen molar-refractivity contribution in [1.82, 2.24) is 19.4 Å². The molecule has 0 amide bonds. The van der Waals surface area contributed by atoms with Gasteiger partial charge >= 0.3 is 0 Å². The average molecular weight is 317 g/mol. The van der Waals surface area contributed by atoms with Crippen LogP contribution in [-0.4, -0.2) is 65.0 Å². The van der Waals surface area contributed by atoms with E-state index in [1.54, 1.807) is 0 Å². The highest BCUT2D eigenvalue weighted by Crippen LogP contribution is 2.17. The van der Waals surface area contributed by atoms with E-state index in [9.17, 15) is 8.42 Å². The van der Waals surface area contributed by atoms with E-state index < -0.39 is 10.0 Å². The largest absolute Gasteiger partial charge is 0.392 e. The maximum atomic E-state index is 12.3. The first-order chi connectivity index (χ1) is 9.46. The van der Waals surface area contributed by atoms with Crippen molar-refractivity contribution in [2.75, 3.05) is 26.2 Å². The number of sulfonamides is 1. The number of nitrogens with two attached hydrogens (primary N) is 1. The van der Waals surface area contributed by atoms with Crippen LogP contribution in [0.3, 0.4) is 0 Å². The molecule has 1 atom stereocenters. The van der Waals surface area contributed by atoms with Gasteiger partial charge in [0.25, 0.3) is 0 Å². The van der Waals surface area contributed by atoms with E-state index in [0.29, 0.717) is 31.2 Å². The van der Waals surface area contributed by atoms with Gasteiger partial charge in [0.1, 0.15) is 4.90 Å². The maximum absolute atomic E-state index is 12.3. The first-order valence-electron chi connectivity index (χ1n) is 6.49. The van der Waals surface area contributed by atoms with Crippen LogP contribution in [-0.2, 0) is 10.0 Å². The number of H-pyrrole nitrogens is 1. The van der Waals surface area contributed by atoms with Crippen molar-refractivity contribution < 1.29 is 8.42 Å². The molecule has 1 saturated heterocycles. The number of rotatable bonds is 5. The van der Waals surface area contributed by atoms with Crippen LogP contribution in [0.25, 0.3) is 0 Å². The molecule has 3 N–H and O–H groups in total. The lowest BCUT2D eigenvalue weighted by molar-refractivity contribution is 0.165. The molecule has 0 spiro atoms. The normalized spacial score (nSPS) is 19.9. The predicted molar refractivity (Wildman–Crippen MR) is 79.8 cm³/mol. The van der Waals surface area contributed by atoms with Gasteiger partial charge in [0.05, 0.1) is 17.2 Å². The molecule has 1 fully saturated rings. The Bertz CT molecular complexity index is 549. The fraction of sp³-hybridized carbons (Fsp3) is 0.636. The van der Waals surface area contributed by atoms with Gasteiger partial charge in [-0.1, -0.05) is 19.1 Å². The Morgan fingerprint density at radius 3 is 2.60 bits per heavy atom. The predicted octanol–water partition coefficient (Wildman–Crippen LogP) is -0.219. The number of nitrogens with one attached hydrogen (secondary N) is 1. The molecule has 1 aliphatic rings. The maximum Gasteiger partial charge on any atom is 0.246 e. The molecule has 0 saturated carbocycles. The Balaban J connectivity index is 2.03.